The molecule has 0 amide bonds. The van der Waals surface area contributed by atoms with E-state index in [4.69, 9.17) is 4.74 Å². The lowest BCUT2D eigenvalue weighted by Gasteiger charge is -2.22. The molecular formula is C20H25NO2. The Kier molecular flexibility index (Phi) is 4.87. The fourth-order valence-electron chi connectivity index (χ4n) is 3.29. The maximum atomic E-state index is 10.7. The molecule has 0 saturated heterocycles. The molecule has 3 heteroatoms. The average molecular weight is 311 g/mol. The third kappa shape index (κ3) is 3.50. The van der Waals surface area contributed by atoms with E-state index >= 15 is 0 Å². The van der Waals surface area contributed by atoms with Crippen molar-refractivity contribution >= 4 is 5.69 Å². The van der Waals surface area contributed by atoms with E-state index in [-0.39, 0.29) is 0 Å². The van der Waals surface area contributed by atoms with Crippen molar-refractivity contribution in [3.05, 3.63) is 59.2 Å². The normalized spacial score (nSPS) is 14.7. The number of hydrogen-bond acceptors (Lipinski definition) is 3. The van der Waals surface area contributed by atoms with Gasteiger partial charge in [-0.25, -0.2) is 0 Å². The number of benzene rings is 2. The first-order valence-electron chi connectivity index (χ1n) is 8.43. The van der Waals surface area contributed by atoms with Gasteiger partial charge in [-0.2, -0.15) is 0 Å². The van der Waals surface area contributed by atoms with Gasteiger partial charge < -0.3 is 14.7 Å². The Labute approximate surface area is 138 Å². The summed E-state index contributed by atoms with van der Waals surface area (Å²) in [4.78, 5) is 2.37. The van der Waals surface area contributed by atoms with Crippen LogP contribution in [0.25, 0.3) is 0 Å². The number of ether oxygens (including phenoxy) is 1. The van der Waals surface area contributed by atoms with Crippen molar-refractivity contribution in [3.8, 4) is 5.75 Å². The lowest BCUT2D eigenvalue weighted by Crippen LogP contribution is -2.23. The van der Waals surface area contributed by atoms with E-state index in [1.54, 1.807) is 0 Å². The summed E-state index contributed by atoms with van der Waals surface area (Å²) in [5.74, 6) is 0.799. The van der Waals surface area contributed by atoms with E-state index in [2.05, 4.69) is 29.2 Å². The number of nitrogens with zero attached hydrogens (tertiary/aromatic N) is 1. The molecule has 0 bridgehead atoms. The van der Waals surface area contributed by atoms with E-state index in [1.165, 1.54) is 11.3 Å². The highest BCUT2D eigenvalue weighted by molar-refractivity contribution is 5.57. The van der Waals surface area contributed by atoms with Crippen LogP contribution in [-0.2, 0) is 6.42 Å². The van der Waals surface area contributed by atoms with Gasteiger partial charge >= 0.3 is 0 Å². The van der Waals surface area contributed by atoms with E-state index in [0.717, 1.165) is 36.4 Å². The summed E-state index contributed by atoms with van der Waals surface area (Å²) in [6.07, 6.45) is 1.31. The Bertz CT molecular complexity index is 668. The van der Waals surface area contributed by atoms with E-state index in [9.17, 15) is 5.11 Å². The Hall–Kier alpha value is -2.00. The molecule has 3 nitrogen and oxygen atoms in total. The van der Waals surface area contributed by atoms with Crippen molar-refractivity contribution in [1.29, 1.82) is 0 Å². The van der Waals surface area contributed by atoms with Crippen molar-refractivity contribution in [2.45, 2.75) is 32.8 Å². The third-order valence-electron chi connectivity index (χ3n) is 4.48. The second-order valence-corrected chi connectivity index (χ2v) is 6.14. The quantitative estimate of drug-likeness (QED) is 0.879. The molecule has 0 spiro atoms. The first-order valence-corrected chi connectivity index (χ1v) is 8.43. The van der Waals surface area contributed by atoms with Crippen LogP contribution in [0.15, 0.2) is 42.5 Å². The standard InChI is InChI=1S/C20H25NO2/c1-3-23-20-9-8-15(2)14-17(20)19(22)11-13-21-12-10-16-6-4-5-7-18(16)21/h4-9,14,19,22H,3,10-13H2,1-2H3. The predicted molar refractivity (Wildman–Crippen MR) is 94.3 cm³/mol. The summed E-state index contributed by atoms with van der Waals surface area (Å²) in [7, 11) is 0. The lowest BCUT2D eigenvalue weighted by molar-refractivity contribution is 0.163. The largest absolute Gasteiger partial charge is 0.493 e. The van der Waals surface area contributed by atoms with Crippen LogP contribution in [0.3, 0.4) is 0 Å². The number of anilines is 1. The molecule has 2 aromatic carbocycles. The minimum absolute atomic E-state index is 0.496. The van der Waals surface area contributed by atoms with E-state index < -0.39 is 6.10 Å². The molecule has 1 aliphatic heterocycles. The van der Waals surface area contributed by atoms with Gasteiger partial charge in [0, 0.05) is 24.3 Å². The van der Waals surface area contributed by atoms with Gasteiger partial charge in [0.25, 0.3) is 0 Å². The molecule has 0 fully saturated rings. The topological polar surface area (TPSA) is 32.7 Å². The average Bonchev–Trinajstić information content (AvgIpc) is 2.98. The summed E-state index contributed by atoms with van der Waals surface area (Å²) in [6.45, 7) is 6.53. The molecule has 0 aromatic heterocycles. The minimum atomic E-state index is -0.496. The fraction of sp³-hybridized carbons (Fsp3) is 0.400. The third-order valence-corrected chi connectivity index (χ3v) is 4.48. The van der Waals surface area contributed by atoms with Crippen molar-refractivity contribution in [2.75, 3.05) is 24.6 Å². The number of aryl methyl sites for hydroxylation is 1. The maximum absolute atomic E-state index is 10.7. The van der Waals surface area contributed by atoms with Crippen LogP contribution in [0.1, 0.15) is 36.1 Å². The van der Waals surface area contributed by atoms with E-state index in [0.29, 0.717) is 13.0 Å². The molecule has 1 atom stereocenters. The summed E-state index contributed by atoms with van der Waals surface area (Å²) < 4.78 is 5.67. The molecule has 3 rings (SSSR count). The Balaban J connectivity index is 1.68. The second kappa shape index (κ2) is 7.05. The molecule has 0 radical (unpaired) electrons. The van der Waals surface area contributed by atoms with Crippen molar-refractivity contribution in [1.82, 2.24) is 0 Å². The Morgan fingerprint density at radius 3 is 2.87 bits per heavy atom. The highest BCUT2D eigenvalue weighted by Gasteiger charge is 2.20. The second-order valence-electron chi connectivity index (χ2n) is 6.14. The maximum Gasteiger partial charge on any atom is 0.125 e. The van der Waals surface area contributed by atoms with Crippen LogP contribution in [0.4, 0.5) is 5.69 Å². The van der Waals surface area contributed by atoms with Crippen LogP contribution < -0.4 is 9.64 Å². The van der Waals surface area contributed by atoms with E-state index in [1.807, 2.05) is 32.0 Å². The van der Waals surface area contributed by atoms with Crippen LogP contribution >= 0.6 is 0 Å². The zero-order valence-electron chi connectivity index (χ0n) is 14.0. The Morgan fingerprint density at radius 2 is 2.04 bits per heavy atom. The number of para-hydroxylation sites is 1. The SMILES string of the molecule is CCOc1ccc(C)cc1C(O)CCN1CCc2ccccc21. The van der Waals surface area contributed by atoms with Crippen LogP contribution in [-0.4, -0.2) is 24.8 Å². The molecule has 122 valence electrons. The van der Waals surface area contributed by atoms with Crippen LogP contribution in [0.5, 0.6) is 5.75 Å². The smallest absolute Gasteiger partial charge is 0.125 e. The molecule has 2 aromatic rings. The summed E-state index contributed by atoms with van der Waals surface area (Å²) in [5.41, 5.74) is 4.77. The summed E-state index contributed by atoms with van der Waals surface area (Å²) in [6, 6.07) is 14.6. The zero-order valence-corrected chi connectivity index (χ0v) is 14.0. The molecule has 1 N–H and O–H groups in total. The molecule has 1 heterocycles. The monoisotopic (exact) mass is 311 g/mol. The van der Waals surface area contributed by atoms with Gasteiger partial charge in [-0.3, -0.25) is 0 Å². The summed E-state index contributed by atoms with van der Waals surface area (Å²) >= 11 is 0. The van der Waals surface area contributed by atoms with Gasteiger partial charge in [-0.1, -0.05) is 29.8 Å². The predicted octanol–water partition coefficient (Wildman–Crippen LogP) is 3.88. The molecule has 1 unspecified atom stereocenters. The first-order chi connectivity index (χ1) is 11.2. The van der Waals surface area contributed by atoms with Crippen molar-refractivity contribution in [2.24, 2.45) is 0 Å². The molecule has 23 heavy (non-hydrogen) atoms. The first kappa shape index (κ1) is 15.9. The van der Waals surface area contributed by atoms with Gasteiger partial charge in [-0.15, -0.1) is 0 Å². The van der Waals surface area contributed by atoms with Crippen LogP contribution in [0.2, 0.25) is 0 Å². The molecular weight excluding hydrogens is 286 g/mol. The fourth-order valence-corrected chi connectivity index (χ4v) is 3.29. The number of rotatable bonds is 6. The minimum Gasteiger partial charge on any atom is -0.493 e. The van der Waals surface area contributed by atoms with Gasteiger partial charge in [0.1, 0.15) is 5.75 Å². The van der Waals surface area contributed by atoms with Crippen molar-refractivity contribution in [3.63, 3.8) is 0 Å². The molecule has 0 saturated carbocycles. The van der Waals surface area contributed by atoms with Gasteiger partial charge in [-0.05, 0) is 50.5 Å². The number of hydrogen-bond donors (Lipinski definition) is 1. The lowest BCUT2D eigenvalue weighted by atomic mass is 10.0. The van der Waals surface area contributed by atoms with Gasteiger partial charge in [0.15, 0.2) is 0 Å². The highest BCUT2D eigenvalue weighted by atomic mass is 16.5. The molecule has 1 aliphatic rings. The summed E-state index contributed by atoms with van der Waals surface area (Å²) in [5, 5.41) is 10.7. The van der Waals surface area contributed by atoms with Gasteiger partial charge in [0.2, 0.25) is 0 Å². The van der Waals surface area contributed by atoms with Crippen LogP contribution in [0, 0.1) is 6.92 Å². The number of aliphatic hydroxyl groups excluding tert-OH is 1. The number of fused-ring (bicyclic) bond motifs is 1. The van der Waals surface area contributed by atoms with Crippen molar-refractivity contribution < 1.29 is 9.84 Å². The number of aliphatic hydroxyl groups is 1. The Morgan fingerprint density at radius 1 is 1.22 bits per heavy atom. The zero-order chi connectivity index (χ0) is 16.2. The highest BCUT2D eigenvalue weighted by Crippen LogP contribution is 2.31. The molecule has 0 aliphatic carbocycles. The van der Waals surface area contributed by atoms with Gasteiger partial charge in [0.05, 0.1) is 12.7 Å².